The summed E-state index contributed by atoms with van der Waals surface area (Å²) in [6.07, 6.45) is 5.76. The van der Waals surface area contributed by atoms with Crippen LogP contribution >= 0.6 is 11.6 Å². The van der Waals surface area contributed by atoms with Crippen LogP contribution in [0.1, 0.15) is 32.6 Å². The highest BCUT2D eigenvalue weighted by molar-refractivity contribution is 6.17. The van der Waals surface area contributed by atoms with Gasteiger partial charge in [0.1, 0.15) is 0 Å². The van der Waals surface area contributed by atoms with Gasteiger partial charge in [-0.3, -0.25) is 0 Å². The van der Waals surface area contributed by atoms with Crippen molar-refractivity contribution in [3.63, 3.8) is 0 Å². The summed E-state index contributed by atoms with van der Waals surface area (Å²) in [7, 11) is 0. The van der Waals surface area contributed by atoms with Gasteiger partial charge in [-0.25, -0.2) is 0 Å². The van der Waals surface area contributed by atoms with Crippen LogP contribution in [0.5, 0.6) is 0 Å². The van der Waals surface area contributed by atoms with Crippen molar-refractivity contribution in [1.29, 1.82) is 0 Å². The van der Waals surface area contributed by atoms with Crippen molar-refractivity contribution in [2.75, 3.05) is 12.5 Å². The first-order valence-electron chi connectivity index (χ1n) is 4.52. The van der Waals surface area contributed by atoms with E-state index in [-0.39, 0.29) is 0 Å². The summed E-state index contributed by atoms with van der Waals surface area (Å²) < 4.78 is 5.61. The summed E-state index contributed by atoms with van der Waals surface area (Å²) in [6, 6.07) is 0. The number of rotatable bonds is 3. The van der Waals surface area contributed by atoms with Crippen LogP contribution in [-0.2, 0) is 4.74 Å². The highest BCUT2D eigenvalue weighted by atomic mass is 35.5. The molecule has 1 fully saturated rings. The molecule has 0 saturated heterocycles. The average molecular weight is 177 g/mol. The molecular formula is C9H17ClO. The summed E-state index contributed by atoms with van der Waals surface area (Å²) in [5.74, 6) is 1.37. The molecule has 1 aliphatic rings. The zero-order valence-corrected chi connectivity index (χ0v) is 7.94. The highest BCUT2D eigenvalue weighted by Gasteiger charge is 2.21. The molecule has 0 spiro atoms. The molecule has 11 heavy (non-hydrogen) atoms. The van der Waals surface area contributed by atoms with Gasteiger partial charge in [-0.2, -0.15) is 0 Å². The first-order valence-corrected chi connectivity index (χ1v) is 5.05. The Bertz CT molecular complexity index is 106. The highest BCUT2D eigenvalue weighted by Crippen LogP contribution is 2.25. The Morgan fingerprint density at radius 3 is 2.73 bits per heavy atom. The zero-order chi connectivity index (χ0) is 8.10. The molecule has 0 amide bonds. The third-order valence-corrected chi connectivity index (χ3v) is 2.60. The van der Waals surface area contributed by atoms with Crippen LogP contribution in [0.4, 0.5) is 0 Å². The third-order valence-electron chi connectivity index (χ3n) is 2.44. The SMILES string of the molecule is C[C@H]1CCCC[C@@H]1OCCCl. The number of halogens is 1. The minimum atomic E-state index is 0.488. The van der Waals surface area contributed by atoms with E-state index >= 15 is 0 Å². The van der Waals surface area contributed by atoms with Gasteiger partial charge in [0.05, 0.1) is 12.7 Å². The molecule has 1 nitrogen and oxygen atoms in total. The lowest BCUT2D eigenvalue weighted by Crippen LogP contribution is -2.26. The maximum atomic E-state index is 5.61. The van der Waals surface area contributed by atoms with E-state index < -0.39 is 0 Å². The van der Waals surface area contributed by atoms with Gasteiger partial charge in [-0.05, 0) is 18.8 Å². The Kier molecular flexibility index (Phi) is 4.24. The van der Waals surface area contributed by atoms with Gasteiger partial charge in [-0.1, -0.05) is 19.8 Å². The molecule has 0 aromatic heterocycles. The molecule has 0 radical (unpaired) electrons. The van der Waals surface area contributed by atoms with Crippen molar-refractivity contribution in [2.24, 2.45) is 5.92 Å². The predicted octanol–water partition coefficient (Wildman–Crippen LogP) is 2.82. The van der Waals surface area contributed by atoms with Gasteiger partial charge in [0.15, 0.2) is 0 Å². The lowest BCUT2D eigenvalue weighted by atomic mass is 9.88. The number of hydrogen-bond acceptors (Lipinski definition) is 1. The number of alkyl halides is 1. The Morgan fingerprint density at radius 2 is 2.09 bits per heavy atom. The molecule has 66 valence electrons. The monoisotopic (exact) mass is 176 g/mol. The zero-order valence-electron chi connectivity index (χ0n) is 7.18. The van der Waals surface area contributed by atoms with Crippen molar-refractivity contribution >= 4 is 11.6 Å². The standard InChI is InChI=1S/C9H17ClO/c1-8-4-2-3-5-9(8)11-7-6-10/h8-9H,2-7H2,1H3/t8-,9-/m0/s1. The van der Waals surface area contributed by atoms with Crippen LogP contribution in [0.15, 0.2) is 0 Å². The van der Waals surface area contributed by atoms with E-state index in [2.05, 4.69) is 6.92 Å². The van der Waals surface area contributed by atoms with Crippen LogP contribution in [0.3, 0.4) is 0 Å². The van der Waals surface area contributed by atoms with Crippen molar-refractivity contribution in [3.05, 3.63) is 0 Å². The average Bonchev–Trinajstić information content (AvgIpc) is 2.03. The van der Waals surface area contributed by atoms with Gasteiger partial charge in [0, 0.05) is 5.88 Å². The van der Waals surface area contributed by atoms with E-state index in [0.29, 0.717) is 12.0 Å². The molecule has 0 N–H and O–H groups in total. The van der Waals surface area contributed by atoms with Crippen LogP contribution < -0.4 is 0 Å². The lowest BCUT2D eigenvalue weighted by Gasteiger charge is -2.28. The molecule has 0 aromatic carbocycles. The largest absolute Gasteiger partial charge is 0.377 e. The fraction of sp³-hybridized carbons (Fsp3) is 1.00. The summed E-state index contributed by atoms with van der Waals surface area (Å²) >= 11 is 5.54. The molecular weight excluding hydrogens is 160 g/mol. The fourth-order valence-corrected chi connectivity index (χ4v) is 1.81. The Labute approximate surface area is 74.1 Å². The Morgan fingerprint density at radius 1 is 1.36 bits per heavy atom. The van der Waals surface area contributed by atoms with Crippen LogP contribution in [0.2, 0.25) is 0 Å². The predicted molar refractivity (Wildman–Crippen MR) is 48.1 cm³/mol. The minimum absolute atomic E-state index is 0.488. The smallest absolute Gasteiger partial charge is 0.0605 e. The first kappa shape index (κ1) is 9.34. The second kappa shape index (κ2) is 5.00. The molecule has 1 rings (SSSR count). The summed E-state index contributed by atoms with van der Waals surface area (Å²) in [5, 5.41) is 0. The van der Waals surface area contributed by atoms with Crippen molar-refractivity contribution in [2.45, 2.75) is 38.7 Å². The number of hydrogen-bond donors (Lipinski definition) is 0. The summed E-state index contributed by atoms with van der Waals surface area (Å²) in [4.78, 5) is 0. The van der Waals surface area contributed by atoms with E-state index in [1.54, 1.807) is 0 Å². The van der Waals surface area contributed by atoms with Crippen LogP contribution in [-0.4, -0.2) is 18.6 Å². The molecule has 0 heterocycles. The molecule has 1 aliphatic carbocycles. The molecule has 2 atom stereocenters. The Balaban J connectivity index is 2.18. The van der Waals surface area contributed by atoms with E-state index in [1.807, 2.05) is 0 Å². The molecule has 0 aliphatic heterocycles. The maximum absolute atomic E-state index is 5.61. The lowest BCUT2D eigenvalue weighted by molar-refractivity contribution is 0.00308. The first-order chi connectivity index (χ1) is 5.34. The molecule has 0 bridgehead atoms. The molecule has 2 heteroatoms. The van der Waals surface area contributed by atoms with Crippen molar-refractivity contribution < 1.29 is 4.74 Å². The van der Waals surface area contributed by atoms with Gasteiger partial charge in [0.2, 0.25) is 0 Å². The fourth-order valence-electron chi connectivity index (χ4n) is 1.73. The van der Waals surface area contributed by atoms with Crippen molar-refractivity contribution in [1.82, 2.24) is 0 Å². The van der Waals surface area contributed by atoms with E-state index in [4.69, 9.17) is 16.3 Å². The van der Waals surface area contributed by atoms with Gasteiger partial charge >= 0.3 is 0 Å². The normalized spacial score (nSPS) is 32.2. The van der Waals surface area contributed by atoms with E-state index in [1.165, 1.54) is 25.7 Å². The van der Waals surface area contributed by atoms with Gasteiger partial charge in [-0.15, -0.1) is 11.6 Å². The third kappa shape index (κ3) is 3.00. The maximum Gasteiger partial charge on any atom is 0.0605 e. The van der Waals surface area contributed by atoms with Crippen molar-refractivity contribution in [3.8, 4) is 0 Å². The van der Waals surface area contributed by atoms with Gasteiger partial charge < -0.3 is 4.74 Å². The Hall–Kier alpha value is 0.250. The van der Waals surface area contributed by atoms with Crippen LogP contribution in [0, 0.1) is 5.92 Å². The number of ether oxygens (including phenoxy) is 1. The van der Waals surface area contributed by atoms with Crippen LogP contribution in [0.25, 0.3) is 0 Å². The van der Waals surface area contributed by atoms with E-state index in [0.717, 1.165) is 12.5 Å². The molecule has 0 unspecified atom stereocenters. The topological polar surface area (TPSA) is 9.23 Å². The second-order valence-corrected chi connectivity index (χ2v) is 3.74. The molecule has 1 saturated carbocycles. The molecule has 0 aromatic rings. The second-order valence-electron chi connectivity index (χ2n) is 3.36. The quantitative estimate of drug-likeness (QED) is 0.601. The minimum Gasteiger partial charge on any atom is -0.377 e. The van der Waals surface area contributed by atoms with Gasteiger partial charge in [0.25, 0.3) is 0 Å². The van der Waals surface area contributed by atoms with E-state index in [9.17, 15) is 0 Å². The summed E-state index contributed by atoms with van der Waals surface area (Å²) in [6.45, 7) is 2.99. The summed E-state index contributed by atoms with van der Waals surface area (Å²) in [5.41, 5.74) is 0.